The van der Waals surface area contributed by atoms with Crippen LogP contribution >= 0.6 is 0 Å². The highest BCUT2D eigenvalue weighted by Gasteiger charge is 2.70. The van der Waals surface area contributed by atoms with Gasteiger partial charge in [0.2, 0.25) is 27.6 Å². The Bertz CT molecular complexity index is 1710. The lowest BCUT2D eigenvalue weighted by Gasteiger charge is -2.36. The molecule has 0 spiro atoms. The molecule has 14 heteroatoms. The summed E-state index contributed by atoms with van der Waals surface area (Å²) in [4.78, 5) is 69.1. The number of carbonyl (C=O) groups excluding carboxylic acids is 5. The second-order valence-corrected chi connectivity index (χ2v) is 19.8. The molecule has 1 saturated heterocycles. The number of ketones is 1. The van der Waals surface area contributed by atoms with Gasteiger partial charge in [-0.05, 0) is 87.2 Å². The Hall–Kier alpha value is -3.78. The average molecular weight is 741 g/mol. The molecule has 5 amide bonds. The Morgan fingerprint density at radius 2 is 1.62 bits per heavy atom. The molecule has 286 valence electrons. The summed E-state index contributed by atoms with van der Waals surface area (Å²) in [5.74, 6) is -3.14. The molecule has 13 nitrogen and oxygen atoms in total. The minimum absolute atomic E-state index is 0.0347. The number of hydrogen-bond acceptors (Lipinski definition) is 7. The van der Waals surface area contributed by atoms with Crippen LogP contribution in [0.5, 0.6) is 0 Å². The van der Waals surface area contributed by atoms with Gasteiger partial charge < -0.3 is 26.6 Å². The van der Waals surface area contributed by atoms with Gasteiger partial charge in [-0.25, -0.2) is 17.5 Å². The van der Waals surface area contributed by atoms with Crippen molar-refractivity contribution in [2.75, 3.05) is 20.1 Å². The number of piperidine rings is 1. The summed E-state index contributed by atoms with van der Waals surface area (Å²) in [5, 5.41) is 8.59. The van der Waals surface area contributed by atoms with E-state index in [1.54, 1.807) is 32.6 Å². The Morgan fingerprint density at radius 3 is 2.12 bits per heavy atom. The monoisotopic (exact) mass is 740 g/mol. The number of Topliss-reactive ketones (excluding diaryl/α,β-unsaturated/α-hetero) is 1. The standard InChI is InChI=1S/C38H56N6O7S/c1-21(2)28(20-43(8)52(50,51)37(3,4)5)41-36(49)42-30(25-17-23-14-9-10-15-24(23)18-25)35(48)44-19-26-29(38(26,6)7)31(44)34(47)40-27(32(45)33(39)46)16-22-12-11-13-22/h9-10,14-15,22,25-31H,1,11-13,16-20H2,2-8H3,(H2,39,46)(H,40,47)(H2,41,42,49)/t26-,27?,28+,29-,30-,31-/m0/s1. The van der Waals surface area contributed by atoms with Gasteiger partial charge in [-0.3, -0.25) is 19.2 Å². The summed E-state index contributed by atoms with van der Waals surface area (Å²) in [7, 11) is -2.25. The van der Waals surface area contributed by atoms with Crippen molar-refractivity contribution in [2.24, 2.45) is 34.8 Å². The van der Waals surface area contributed by atoms with Crippen LogP contribution in [-0.2, 0) is 42.0 Å². The molecule has 0 bridgehead atoms. The molecule has 1 aromatic rings. The number of likely N-dealkylation sites (N-methyl/N-ethyl adjacent to an activating group) is 1. The number of hydrogen-bond donors (Lipinski definition) is 4. The van der Waals surface area contributed by atoms with E-state index in [1.165, 1.54) is 11.4 Å². The third-order valence-electron chi connectivity index (χ3n) is 12.1. The molecule has 0 aromatic heterocycles. The second kappa shape index (κ2) is 14.6. The van der Waals surface area contributed by atoms with Crippen molar-refractivity contribution in [1.82, 2.24) is 25.2 Å². The van der Waals surface area contributed by atoms with Crippen molar-refractivity contribution >= 4 is 39.6 Å². The van der Waals surface area contributed by atoms with Crippen LogP contribution in [0.1, 0.15) is 78.4 Å². The third-order valence-corrected chi connectivity index (χ3v) is 14.6. The first-order valence-corrected chi connectivity index (χ1v) is 19.8. The number of nitrogens with one attached hydrogen (secondary N) is 3. The van der Waals surface area contributed by atoms with E-state index in [4.69, 9.17) is 5.73 Å². The minimum atomic E-state index is -3.71. The molecule has 1 heterocycles. The zero-order valence-electron chi connectivity index (χ0n) is 31.5. The number of amides is 5. The summed E-state index contributed by atoms with van der Waals surface area (Å²) < 4.78 is 26.4. The molecule has 1 aromatic carbocycles. The van der Waals surface area contributed by atoms with Crippen molar-refractivity contribution in [2.45, 2.75) is 109 Å². The number of fused-ring (bicyclic) bond motifs is 2. The van der Waals surface area contributed by atoms with Gasteiger partial charge in [0, 0.05) is 20.1 Å². The van der Waals surface area contributed by atoms with Gasteiger partial charge in [-0.1, -0.05) is 69.5 Å². The number of urea groups is 1. The van der Waals surface area contributed by atoms with Gasteiger partial charge in [0.15, 0.2) is 0 Å². The van der Waals surface area contributed by atoms with Crippen molar-refractivity contribution in [3.63, 3.8) is 0 Å². The molecule has 0 radical (unpaired) electrons. The maximum Gasteiger partial charge on any atom is 0.315 e. The highest BCUT2D eigenvalue weighted by atomic mass is 32.2. The fraction of sp³-hybridized carbons (Fsp3) is 0.658. The summed E-state index contributed by atoms with van der Waals surface area (Å²) in [6, 6.07) is 3.44. The van der Waals surface area contributed by atoms with Crippen molar-refractivity contribution in [3.05, 3.63) is 47.5 Å². The van der Waals surface area contributed by atoms with Crippen LogP contribution in [0.2, 0.25) is 0 Å². The molecule has 6 atom stereocenters. The predicted octanol–water partition coefficient (Wildman–Crippen LogP) is 2.29. The van der Waals surface area contributed by atoms with E-state index in [0.29, 0.717) is 31.4 Å². The molecule has 52 heavy (non-hydrogen) atoms. The largest absolute Gasteiger partial charge is 0.363 e. The number of carbonyl (C=O) groups is 5. The zero-order chi connectivity index (χ0) is 38.5. The van der Waals surface area contributed by atoms with Crippen molar-refractivity contribution in [1.29, 1.82) is 0 Å². The van der Waals surface area contributed by atoms with Crippen LogP contribution in [0.25, 0.3) is 0 Å². The van der Waals surface area contributed by atoms with Gasteiger partial charge in [0.1, 0.15) is 12.1 Å². The van der Waals surface area contributed by atoms with Crippen LogP contribution in [0.3, 0.4) is 0 Å². The first kappa shape index (κ1) is 39.4. The first-order chi connectivity index (χ1) is 24.1. The van der Waals surface area contributed by atoms with Crippen LogP contribution in [0, 0.1) is 29.1 Å². The highest BCUT2D eigenvalue weighted by Crippen LogP contribution is 2.65. The zero-order valence-corrected chi connectivity index (χ0v) is 32.3. The third kappa shape index (κ3) is 7.78. The Morgan fingerprint density at radius 1 is 1.02 bits per heavy atom. The maximum atomic E-state index is 14.8. The number of nitrogens with zero attached hydrogens (tertiary/aromatic N) is 2. The molecule has 1 aliphatic heterocycles. The van der Waals surface area contributed by atoms with E-state index in [9.17, 15) is 32.4 Å². The molecule has 2 saturated carbocycles. The van der Waals surface area contributed by atoms with Crippen LogP contribution in [-0.4, -0.2) is 96.2 Å². The molecule has 4 aliphatic rings. The lowest BCUT2D eigenvalue weighted by atomic mass is 9.80. The number of benzene rings is 1. The van der Waals surface area contributed by atoms with Crippen LogP contribution in [0.15, 0.2) is 36.4 Å². The van der Waals surface area contributed by atoms with Gasteiger partial charge >= 0.3 is 6.03 Å². The normalized spacial score (nSPS) is 24.2. The molecular weight excluding hydrogens is 685 g/mol. The van der Waals surface area contributed by atoms with Gasteiger partial charge in [0.05, 0.1) is 16.8 Å². The molecule has 5 N–H and O–H groups in total. The van der Waals surface area contributed by atoms with Gasteiger partial charge in [0.25, 0.3) is 5.91 Å². The van der Waals surface area contributed by atoms with Gasteiger partial charge in [-0.15, -0.1) is 0 Å². The Balaban J connectivity index is 1.39. The molecule has 3 fully saturated rings. The summed E-state index contributed by atoms with van der Waals surface area (Å²) in [5.41, 5.74) is 7.83. The highest BCUT2D eigenvalue weighted by molar-refractivity contribution is 7.90. The van der Waals surface area contributed by atoms with Crippen molar-refractivity contribution < 1.29 is 32.4 Å². The summed E-state index contributed by atoms with van der Waals surface area (Å²) >= 11 is 0. The fourth-order valence-electron chi connectivity index (χ4n) is 8.41. The Labute approximate surface area is 307 Å². The van der Waals surface area contributed by atoms with Gasteiger partial charge in [-0.2, -0.15) is 0 Å². The van der Waals surface area contributed by atoms with E-state index in [2.05, 4.69) is 36.4 Å². The minimum Gasteiger partial charge on any atom is -0.363 e. The first-order valence-electron chi connectivity index (χ1n) is 18.3. The smallest absolute Gasteiger partial charge is 0.315 e. The quantitative estimate of drug-likeness (QED) is 0.166. The van der Waals surface area contributed by atoms with Crippen molar-refractivity contribution in [3.8, 4) is 0 Å². The molecular formula is C38H56N6O7S. The van der Waals surface area contributed by atoms with E-state index in [-0.39, 0.29) is 35.6 Å². The molecule has 1 unspecified atom stereocenters. The number of rotatable bonds is 14. The molecule has 5 rings (SSSR count). The summed E-state index contributed by atoms with van der Waals surface area (Å²) in [6.45, 7) is 14.8. The van der Waals surface area contributed by atoms with E-state index in [0.717, 1.165) is 30.4 Å². The van der Waals surface area contributed by atoms with E-state index < -0.39 is 68.5 Å². The number of likely N-dealkylation sites (tertiary alicyclic amines) is 1. The fourth-order valence-corrected chi connectivity index (χ4v) is 9.69. The number of primary amides is 1. The van der Waals surface area contributed by atoms with E-state index >= 15 is 0 Å². The number of sulfonamides is 1. The molecule has 3 aliphatic carbocycles. The summed E-state index contributed by atoms with van der Waals surface area (Å²) in [6.07, 6.45) is 4.20. The Kier molecular flexibility index (Phi) is 11.0. The predicted molar refractivity (Wildman–Crippen MR) is 197 cm³/mol. The SMILES string of the molecule is C=C(C)[C@@H](CN(C)S(=O)(=O)C(C)(C)C)NC(=O)N[C@H](C(=O)N1C[C@H]2[C@@H]([C@H]1C(=O)NC(CC1CCC1)C(=O)C(N)=O)C2(C)C)C1Cc2ccccc2C1. The van der Waals surface area contributed by atoms with Crippen LogP contribution < -0.4 is 21.7 Å². The second-order valence-electron chi connectivity index (χ2n) is 17.0. The lowest BCUT2D eigenvalue weighted by molar-refractivity contribution is -0.144. The van der Waals surface area contributed by atoms with Crippen LogP contribution in [0.4, 0.5) is 4.79 Å². The average Bonchev–Trinajstić information content (AvgIpc) is 3.40. The number of nitrogens with two attached hydrogens (primary N) is 1. The topological polar surface area (TPSA) is 188 Å². The lowest BCUT2D eigenvalue weighted by Crippen LogP contribution is -2.61. The van der Waals surface area contributed by atoms with E-state index in [1.807, 2.05) is 24.3 Å². The maximum absolute atomic E-state index is 14.8.